The van der Waals surface area contributed by atoms with Crippen LogP contribution in [-0.2, 0) is 4.74 Å². The van der Waals surface area contributed by atoms with E-state index in [0.717, 1.165) is 51.4 Å². The topological polar surface area (TPSA) is 124 Å². The van der Waals surface area contributed by atoms with Crippen molar-refractivity contribution in [3.63, 3.8) is 0 Å². The number of ether oxygens (including phenoxy) is 1. The van der Waals surface area contributed by atoms with Crippen LogP contribution in [0.3, 0.4) is 0 Å². The van der Waals surface area contributed by atoms with Gasteiger partial charge in [-0.05, 0) is 50.7 Å². The molecule has 2 atom stereocenters. The minimum Gasteiger partial charge on any atom is -0.494 e. The van der Waals surface area contributed by atoms with Gasteiger partial charge in [0.15, 0.2) is 5.69 Å². The number of pyridine rings is 1. The fourth-order valence-corrected chi connectivity index (χ4v) is 4.98. The lowest BCUT2D eigenvalue weighted by Crippen LogP contribution is -2.39. The maximum absolute atomic E-state index is 14.1. The third kappa shape index (κ3) is 9.54. The standard InChI is InChI=1S/C32H48N4O5/c1-7-12-16-23(9-3)20-36(21-24(10-4)17-13-8-2)31(39)25-18-14-15-19-26(25)34-35-28-22(6)27(32(40)41-11-5)29(37)33-30(28)38/h14-15,18-19,23-24H,7-13,16-17,20-21H2,1-6H3,(H2,33,37,38). The van der Waals surface area contributed by atoms with Crippen LogP contribution in [0.4, 0.5) is 11.4 Å². The highest BCUT2D eigenvalue weighted by atomic mass is 16.5. The Morgan fingerprint density at radius 2 is 1.54 bits per heavy atom. The zero-order chi connectivity index (χ0) is 30.4. The summed E-state index contributed by atoms with van der Waals surface area (Å²) >= 11 is 0. The quantitative estimate of drug-likeness (QED) is 0.148. The molecule has 2 unspecified atom stereocenters. The fourth-order valence-electron chi connectivity index (χ4n) is 4.98. The van der Waals surface area contributed by atoms with Gasteiger partial charge in [-0.2, -0.15) is 0 Å². The second kappa shape index (κ2) is 17.4. The van der Waals surface area contributed by atoms with Gasteiger partial charge < -0.3 is 14.7 Å². The van der Waals surface area contributed by atoms with Crippen molar-refractivity contribution in [3.05, 3.63) is 51.3 Å². The number of carbonyl (C=O) groups is 2. The van der Waals surface area contributed by atoms with Crippen molar-refractivity contribution >= 4 is 23.3 Å². The molecule has 226 valence electrons. The Labute approximate surface area is 244 Å². The van der Waals surface area contributed by atoms with Crippen molar-refractivity contribution < 1.29 is 19.4 Å². The molecule has 1 heterocycles. The van der Waals surface area contributed by atoms with Gasteiger partial charge in [0.2, 0.25) is 5.88 Å². The molecule has 0 radical (unpaired) electrons. The first-order chi connectivity index (χ1) is 19.7. The molecule has 0 spiro atoms. The SMILES string of the molecule is CCCCC(CC)CN(CC(CC)CCCC)C(=O)c1ccccc1N=Nc1c(C)c(C(=O)OCC)c(O)[nH]c1=O. The van der Waals surface area contributed by atoms with Gasteiger partial charge in [0.25, 0.3) is 11.5 Å². The maximum atomic E-state index is 14.1. The van der Waals surface area contributed by atoms with E-state index in [1.54, 1.807) is 31.2 Å². The number of hydrogen-bond donors (Lipinski definition) is 2. The van der Waals surface area contributed by atoms with Gasteiger partial charge in [0.1, 0.15) is 5.56 Å². The number of aromatic nitrogens is 1. The van der Waals surface area contributed by atoms with Crippen LogP contribution in [0.1, 0.15) is 112 Å². The Bertz CT molecular complexity index is 1210. The number of benzene rings is 1. The molecule has 0 saturated heterocycles. The number of H-pyrrole nitrogens is 1. The van der Waals surface area contributed by atoms with E-state index >= 15 is 0 Å². The van der Waals surface area contributed by atoms with Crippen molar-refractivity contribution in [3.8, 4) is 5.88 Å². The van der Waals surface area contributed by atoms with Gasteiger partial charge in [0.05, 0.1) is 17.9 Å². The number of amides is 1. The number of carbonyl (C=O) groups excluding carboxylic acids is 2. The molecule has 2 aromatic rings. The highest BCUT2D eigenvalue weighted by Crippen LogP contribution is 2.29. The first kappa shape index (κ1) is 33.7. The number of nitrogens with one attached hydrogen (secondary N) is 1. The Morgan fingerprint density at radius 1 is 0.951 bits per heavy atom. The summed E-state index contributed by atoms with van der Waals surface area (Å²) in [4.78, 5) is 43.3. The summed E-state index contributed by atoms with van der Waals surface area (Å²) in [6, 6.07) is 6.99. The molecule has 2 rings (SSSR count). The summed E-state index contributed by atoms with van der Waals surface area (Å²) in [6.45, 7) is 13.4. The molecule has 1 aromatic heterocycles. The van der Waals surface area contributed by atoms with Gasteiger partial charge in [0, 0.05) is 18.7 Å². The zero-order valence-corrected chi connectivity index (χ0v) is 25.7. The molecule has 0 fully saturated rings. The average molecular weight is 569 g/mol. The lowest BCUT2D eigenvalue weighted by molar-refractivity contribution is 0.0521. The lowest BCUT2D eigenvalue weighted by atomic mass is 9.95. The van der Waals surface area contributed by atoms with E-state index in [1.807, 2.05) is 4.90 Å². The van der Waals surface area contributed by atoms with Gasteiger partial charge in [-0.3, -0.25) is 14.6 Å². The normalized spacial score (nSPS) is 12.8. The number of aromatic amines is 1. The summed E-state index contributed by atoms with van der Waals surface area (Å²) in [6.07, 6.45) is 8.67. The van der Waals surface area contributed by atoms with Crippen molar-refractivity contribution in [2.75, 3.05) is 19.7 Å². The number of rotatable bonds is 17. The molecule has 1 amide bonds. The molecule has 9 nitrogen and oxygen atoms in total. The van der Waals surface area contributed by atoms with E-state index in [4.69, 9.17) is 4.74 Å². The predicted molar refractivity (Wildman–Crippen MR) is 163 cm³/mol. The van der Waals surface area contributed by atoms with E-state index in [0.29, 0.717) is 36.2 Å². The van der Waals surface area contributed by atoms with E-state index in [9.17, 15) is 19.5 Å². The van der Waals surface area contributed by atoms with Crippen LogP contribution in [0, 0.1) is 18.8 Å². The number of azo groups is 1. The number of aromatic hydroxyl groups is 1. The first-order valence-corrected chi connectivity index (χ1v) is 15.1. The first-order valence-electron chi connectivity index (χ1n) is 15.1. The smallest absolute Gasteiger partial charge is 0.343 e. The van der Waals surface area contributed by atoms with E-state index in [1.165, 1.54) is 6.92 Å². The van der Waals surface area contributed by atoms with Gasteiger partial charge in [-0.25, -0.2) is 4.79 Å². The van der Waals surface area contributed by atoms with Crippen LogP contribution < -0.4 is 5.56 Å². The molecule has 0 aliphatic heterocycles. The molecule has 41 heavy (non-hydrogen) atoms. The molecular weight excluding hydrogens is 520 g/mol. The van der Waals surface area contributed by atoms with Crippen molar-refractivity contribution in [1.82, 2.24) is 9.88 Å². The van der Waals surface area contributed by atoms with Crippen molar-refractivity contribution in [2.45, 2.75) is 92.9 Å². The van der Waals surface area contributed by atoms with Gasteiger partial charge in [-0.1, -0.05) is 78.4 Å². The van der Waals surface area contributed by atoms with E-state index < -0.39 is 17.4 Å². The van der Waals surface area contributed by atoms with Crippen LogP contribution in [0.5, 0.6) is 5.88 Å². The van der Waals surface area contributed by atoms with Crippen LogP contribution in [0.25, 0.3) is 0 Å². The Hall–Kier alpha value is -3.49. The highest BCUT2D eigenvalue weighted by molar-refractivity contribution is 5.99. The molecule has 1 aromatic carbocycles. The predicted octanol–water partition coefficient (Wildman–Crippen LogP) is 7.86. The van der Waals surface area contributed by atoms with Crippen molar-refractivity contribution in [2.24, 2.45) is 22.1 Å². The molecule has 2 N–H and O–H groups in total. The molecule has 9 heteroatoms. The summed E-state index contributed by atoms with van der Waals surface area (Å²) < 4.78 is 5.01. The lowest BCUT2D eigenvalue weighted by Gasteiger charge is -2.31. The zero-order valence-electron chi connectivity index (χ0n) is 25.7. The molecular formula is C32H48N4O5. The monoisotopic (exact) mass is 568 g/mol. The summed E-state index contributed by atoms with van der Waals surface area (Å²) in [5.74, 6) is -0.638. The minimum absolute atomic E-state index is 0.104. The molecule has 0 aliphatic rings. The molecule has 0 saturated carbocycles. The minimum atomic E-state index is -0.775. The number of esters is 1. The fraction of sp³-hybridized carbons (Fsp3) is 0.594. The Kier molecular flexibility index (Phi) is 14.3. The van der Waals surface area contributed by atoms with Crippen LogP contribution >= 0.6 is 0 Å². The van der Waals surface area contributed by atoms with E-state index in [-0.39, 0.29) is 29.3 Å². The number of hydrogen-bond acceptors (Lipinski definition) is 7. The van der Waals surface area contributed by atoms with Crippen LogP contribution in [0.15, 0.2) is 39.3 Å². The number of nitrogens with zero attached hydrogens (tertiary/aromatic N) is 3. The van der Waals surface area contributed by atoms with Gasteiger partial charge >= 0.3 is 5.97 Å². The van der Waals surface area contributed by atoms with Gasteiger partial charge in [-0.15, -0.1) is 10.2 Å². The third-order valence-electron chi connectivity index (χ3n) is 7.62. The average Bonchev–Trinajstić information content (AvgIpc) is 2.96. The molecule has 0 bridgehead atoms. The summed E-state index contributed by atoms with van der Waals surface area (Å²) in [5.41, 5.74) is -0.138. The number of unbranched alkanes of at least 4 members (excludes halogenated alkanes) is 2. The largest absolute Gasteiger partial charge is 0.494 e. The Morgan fingerprint density at radius 3 is 2.07 bits per heavy atom. The van der Waals surface area contributed by atoms with Crippen molar-refractivity contribution in [1.29, 1.82) is 0 Å². The second-order valence-electron chi connectivity index (χ2n) is 10.6. The summed E-state index contributed by atoms with van der Waals surface area (Å²) in [5, 5.41) is 18.6. The highest BCUT2D eigenvalue weighted by Gasteiger charge is 2.25. The maximum Gasteiger partial charge on any atom is 0.343 e. The second-order valence-corrected chi connectivity index (χ2v) is 10.6. The Balaban J connectivity index is 2.48. The third-order valence-corrected chi connectivity index (χ3v) is 7.62. The van der Waals surface area contributed by atoms with Crippen LogP contribution in [0.2, 0.25) is 0 Å². The summed E-state index contributed by atoms with van der Waals surface area (Å²) in [7, 11) is 0. The van der Waals surface area contributed by atoms with E-state index in [2.05, 4.69) is 42.9 Å². The molecule has 0 aliphatic carbocycles. The van der Waals surface area contributed by atoms with Crippen LogP contribution in [-0.4, -0.2) is 46.6 Å².